The van der Waals surface area contributed by atoms with Gasteiger partial charge in [0.2, 0.25) is 11.8 Å². The summed E-state index contributed by atoms with van der Waals surface area (Å²) in [6, 6.07) is 10.9. The molecule has 0 saturated carbocycles. The second-order valence-electron chi connectivity index (χ2n) is 12.8. The van der Waals surface area contributed by atoms with Crippen LogP contribution in [0.5, 0.6) is 0 Å². The number of hydrogen-bond donors (Lipinski definition) is 3. The van der Waals surface area contributed by atoms with Crippen LogP contribution in [0.4, 0.5) is 0 Å². The van der Waals surface area contributed by atoms with E-state index >= 15 is 0 Å². The second-order valence-corrected chi connectivity index (χ2v) is 12.8. The second kappa shape index (κ2) is 31.4. The van der Waals surface area contributed by atoms with Crippen molar-refractivity contribution >= 4 is 17.7 Å². The maximum atomic E-state index is 12.8. The van der Waals surface area contributed by atoms with Gasteiger partial charge in [0.05, 0.1) is 131 Å². The zero-order valence-electron chi connectivity index (χ0n) is 33.6. The first-order valence-electron chi connectivity index (χ1n) is 19.7. The first kappa shape index (κ1) is 47.8. The number of ether oxygens (including phenoxy) is 9. The van der Waals surface area contributed by atoms with Crippen LogP contribution < -0.4 is 16.0 Å². The van der Waals surface area contributed by atoms with E-state index in [1.54, 1.807) is 30.4 Å². The Labute approximate surface area is 336 Å². The van der Waals surface area contributed by atoms with Gasteiger partial charge in [0.1, 0.15) is 0 Å². The summed E-state index contributed by atoms with van der Waals surface area (Å²) >= 11 is 0. The monoisotopic (exact) mass is 805 g/mol. The van der Waals surface area contributed by atoms with E-state index < -0.39 is 5.92 Å². The van der Waals surface area contributed by atoms with Crippen LogP contribution in [0.15, 0.2) is 48.8 Å². The minimum Gasteiger partial charge on any atom is -0.377 e. The molecule has 320 valence electrons. The number of carbonyl (C=O) groups is 3. The van der Waals surface area contributed by atoms with Crippen molar-refractivity contribution in [3.05, 3.63) is 65.5 Å². The molecule has 3 amide bonds. The molecule has 1 aromatic heterocycles. The smallest absolute Gasteiger partial charge is 0.251 e. The van der Waals surface area contributed by atoms with Gasteiger partial charge in [0.25, 0.3) is 5.91 Å². The molecule has 1 aliphatic rings. The summed E-state index contributed by atoms with van der Waals surface area (Å²) in [5.74, 6) is -0.810. The highest BCUT2D eigenvalue weighted by Crippen LogP contribution is 2.36. The highest BCUT2D eigenvalue weighted by molar-refractivity contribution is 5.94. The van der Waals surface area contributed by atoms with Crippen LogP contribution in [-0.4, -0.2) is 174 Å². The van der Waals surface area contributed by atoms with Gasteiger partial charge >= 0.3 is 0 Å². The predicted octanol–water partition coefficient (Wildman–Crippen LogP) is 1.02. The topological polar surface area (TPSA) is 186 Å². The molecule has 0 radical (unpaired) electrons. The molecular formula is C40H63N5O12. The Hall–Kier alpha value is -3.62. The van der Waals surface area contributed by atoms with Crippen LogP contribution in [0.3, 0.4) is 0 Å². The molecule has 2 aromatic rings. The van der Waals surface area contributed by atoms with Crippen molar-refractivity contribution in [3.63, 3.8) is 0 Å². The lowest BCUT2D eigenvalue weighted by Crippen LogP contribution is -2.36. The van der Waals surface area contributed by atoms with Gasteiger partial charge in [-0.2, -0.15) is 0 Å². The third-order valence-corrected chi connectivity index (χ3v) is 8.60. The minimum absolute atomic E-state index is 0.0593. The Bertz CT molecular complexity index is 1340. The fourth-order valence-electron chi connectivity index (χ4n) is 5.67. The maximum absolute atomic E-state index is 12.8. The fourth-order valence-corrected chi connectivity index (χ4v) is 5.67. The van der Waals surface area contributed by atoms with E-state index in [4.69, 9.17) is 42.6 Å². The normalized spacial score (nSPS) is 15.3. The van der Waals surface area contributed by atoms with Crippen LogP contribution in [-0.2, 0) is 58.8 Å². The van der Waals surface area contributed by atoms with Crippen molar-refractivity contribution in [2.75, 3.05) is 146 Å². The van der Waals surface area contributed by atoms with Gasteiger partial charge in [0, 0.05) is 51.1 Å². The van der Waals surface area contributed by atoms with Crippen LogP contribution in [0, 0.1) is 5.92 Å². The van der Waals surface area contributed by atoms with Crippen molar-refractivity contribution in [1.82, 2.24) is 25.8 Å². The molecular weight excluding hydrogens is 742 g/mol. The number of benzene rings is 1. The average Bonchev–Trinajstić information content (AvgIpc) is 3.53. The quantitative estimate of drug-likeness (QED) is 0.0839. The van der Waals surface area contributed by atoms with E-state index in [0.717, 1.165) is 17.7 Å². The summed E-state index contributed by atoms with van der Waals surface area (Å²) in [5.41, 5.74) is 2.60. The van der Waals surface area contributed by atoms with Crippen molar-refractivity contribution < 1.29 is 57.0 Å². The summed E-state index contributed by atoms with van der Waals surface area (Å²) in [6.45, 7) is 9.59. The molecule has 1 saturated heterocycles. The lowest BCUT2D eigenvalue weighted by atomic mass is 9.94. The fraction of sp³-hybridized carbons (Fsp3) is 0.650. The first-order valence-corrected chi connectivity index (χ1v) is 19.7. The standard InChI is InChI=1S/C40H63N5O12/c1-41-31-33-5-7-34(8-6-33)39(47)43-10-12-49-14-16-51-18-20-53-22-24-55-26-28-57-29-27-56-25-23-54-21-19-52-17-15-50-13-11-44-40(48)36-30-37(46)45(2)38(36)35-4-3-9-42-32-35/h3-9,32,36,38,41H,10-31H2,1-2H3,(H,43,47)(H,44,48)/t36-,38?/m0/s1. The maximum Gasteiger partial charge on any atom is 0.251 e. The molecule has 0 aliphatic carbocycles. The van der Waals surface area contributed by atoms with Gasteiger partial charge in [-0.05, 0) is 36.4 Å². The highest BCUT2D eigenvalue weighted by Gasteiger charge is 2.42. The van der Waals surface area contributed by atoms with E-state index in [1.807, 2.05) is 37.4 Å². The molecule has 0 spiro atoms. The number of nitrogens with one attached hydrogen (secondary N) is 3. The van der Waals surface area contributed by atoms with Gasteiger partial charge < -0.3 is 63.5 Å². The van der Waals surface area contributed by atoms with Crippen LogP contribution in [0.1, 0.15) is 33.9 Å². The molecule has 1 aliphatic heterocycles. The number of nitrogens with zero attached hydrogens (tertiary/aromatic N) is 2. The molecule has 0 bridgehead atoms. The van der Waals surface area contributed by atoms with Crippen LogP contribution >= 0.6 is 0 Å². The zero-order chi connectivity index (χ0) is 40.6. The Kier molecular flexibility index (Phi) is 26.3. The molecule has 17 nitrogen and oxygen atoms in total. The van der Waals surface area contributed by atoms with Gasteiger partial charge in [-0.15, -0.1) is 0 Å². The number of rotatable bonds is 35. The Morgan fingerprint density at radius 3 is 1.51 bits per heavy atom. The van der Waals surface area contributed by atoms with Gasteiger partial charge in [0.15, 0.2) is 0 Å². The first-order chi connectivity index (χ1) is 28.0. The van der Waals surface area contributed by atoms with E-state index in [1.165, 1.54) is 0 Å². The van der Waals surface area contributed by atoms with Crippen molar-refractivity contribution in [2.24, 2.45) is 5.92 Å². The van der Waals surface area contributed by atoms with E-state index in [0.29, 0.717) is 138 Å². The molecule has 2 atom stereocenters. The summed E-state index contributed by atoms with van der Waals surface area (Å²) in [5, 5.41) is 8.80. The lowest BCUT2D eigenvalue weighted by Gasteiger charge is -2.24. The molecule has 57 heavy (non-hydrogen) atoms. The number of aromatic nitrogens is 1. The molecule has 3 rings (SSSR count). The molecule has 2 heterocycles. The number of pyridine rings is 1. The number of likely N-dealkylation sites (tertiary alicyclic amines) is 1. The highest BCUT2D eigenvalue weighted by atomic mass is 16.6. The Morgan fingerprint density at radius 1 is 0.649 bits per heavy atom. The van der Waals surface area contributed by atoms with E-state index in [2.05, 4.69) is 20.9 Å². The third-order valence-electron chi connectivity index (χ3n) is 8.60. The van der Waals surface area contributed by atoms with Crippen LogP contribution in [0.25, 0.3) is 0 Å². The SMILES string of the molecule is CNCc1ccc(C(=O)NCCOCCOCCOCCOCCOCCOCCOCCOCCOCCNC(=O)[C@H]2CC(=O)N(C)C2c2cccnc2)cc1. The molecule has 1 unspecified atom stereocenters. The number of carbonyl (C=O) groups excluding carboxylic acids is 3. The molecule has 1 fully saturated rings. The summed E-state index contributed by atoms with van der Waals surface area (Å²) in [7, 11) is 3.60. The van der Waals surface area contributed by atoms with E-state index in [-0.39, 0.29) is 30.2 Å². The zero-order valence-corrected chi connectivity index (χ0v) is 33.6. The summed E-state index contributed by atoms with van der Waals surface area (Å²) in [6.07, 6.45) is 3.54. The van der Waals surface area contributed by atoms with Crippen molar-refractivity contribution in [2.45, 2.75) is 19.0 Å². The van der Waals surface area contributed by atoms with Gasteiger partial charge in [-0.25, -0.2) is 0 Å². The number of hydrogen-bond acceptors (Lipinski definition) is 14. The average molecular weight is 806 g/mol. The Balaban J connectivity index is 0.958. The molecule has 3 N–H and O–H groups in total. The Morgan fingerprint density at radius 2 is 1.09 bits per heavy atom. The third kappa shape index (κ3) is 21.1. The minimum atomic E-state index is -0.464. The van der Waals surface area contributed by atoms with Crippen molar-refractivity contribution in [3.8, 4) is 0 Å². The van der Waals surface area contributed by atoms with Gasteiger partial charge in [-0.1, -0.05) is 18.2 Å². The summed E-state index contributed by atoms with van der Waals surface area (Å²) in [4.78, 5) is 43.0. The van der Waals surface area contributed by atoms with Crippen LogP contribution in [0.2, 0.25) is 0 Å². The predicted molar refractivity (Wildman–Crippen MR) is 210 cm³/mol. The molecule has 1 aromatic carbocycles. The number of amides is 3. The van der Waals surface area contributed by atoms with Gasteiger partial charge in [-0.3, -0.25) is 19.4 Å². The summed E-state index contributed by atoms with van der Waals surface area (Å²) < 4.78 is 49.5. The molecule has 17 heteroatoms. The lowest BCUT2D eigenvalue weighted by molar-refractivity contribution is -0.128. The largest absolute Gasteiger partial charge is 0.377 e. The van der Waals surface area contributed by atoms with E-state index in [9.17, 15) is 14.4 Å². The van der Waals surface area contributed by atoms with Crippen molar-refractivity contribution in [1.29, 1.82) is 0 Å².